The van der Waals surface area contributed by atoms with E-state index in [1.54, 1.807) is 6.07 Å². The number of nitrogens with one attached hydrogen (secondary N) is 5. The minimum absolute atomic E-state index is 0.107. The first-order chi connectivity index (χ1) is 24.3. The van der Waals surface area contributed by atoms with E-state index < -0.39 is 6.10 Å². The molecular formula is C36H46N8O6. The molecule has 266 valence electrons. The number of hydrogen-bond acceptors (Lipinski definition) is 10. The predicted molar refractivity (Wildman–Crippen MR) is 191 cm³/mol. The lowest BCUT2D eigenvalue weighted by Gasteiger charge is -2.26. The number of hydrogen-bond donors (Lipinski definition) is 7. The van der Waals surface area contributed by atoms with E-state index in [1.807, 2.05) is 35.1 Å². The highest BCUT2D eigenvalue weighted by atomic mass is 16.5. The van der Waals surface area contributed by atoms with Gasteiger partial charge in [0.15, 0.2) is 18.0 Å². The molecule has 1 atom stereocenters. The number of aliphatic hydroxyl groups excluding tert-OH is 1. The number of benzene rings is 2. The molecule has 0 spiro atoms. The number of carbonyl (C=O) groups is 2. The van der Waals surface area contributed by atoms with Crippen LogP contribution in [-0.4, -0.2) is 75.9 Å². The number of aliphatic hydroxyl groups is 1. The molecule has 14 nitrogen and oxygen atoms in total. The summed E-state index contributed by atoms with van der Waals surface area (Å²) in [6.45, 7) is 7.40. The highest BCUT2D eigenvalue weighted by Crippen LogP contribution is 2.41. The zero-order chi connectivity index (χ0) is 35.0. The number of phenolic OH excluding ortho intramolecular Hbond substituents is 1. The molecule has 0 aliphatic carbocycles. The van der Waals surface area contributed by atoms with Crippen LogP contribution in [-0.2, 0) is 35.5 Å². The van der Waals surface area contributed by atoms with Gasteiger partial charge < -0.3 is 46.3 Å². The summed E-state index contributed by atoms with van der Waals surface area (Å²) in [6, 6.07) is 10.8. The van der Waals surface area contributed by atoms with Crippen molar-refractivity contribution in [2.24, 2.45) is 0 Å². The first-order valence-electron chi connectivity index (χ1n) is 17.4. The van der Waals surface area contributed by atoms with Crippen LogP contribution < -0.4 is 31.3 Å². The molecule has 0 bridgehead atoms. The van der Waals surface area contributed by atoms with Crippen molar-refractivity contribution in [3.05, 3.63) is 65.0 Å². The largest absolute Gasteiger partial charge is 0.506 e. The highest BCUT2D eigenvalue weighted by molar-refractivity contribution is 5.97. The molecule has 50 heavy (non-hydrogen) atoms. The van der Waals surface area contributed by atoms with E-state index in [9.17, 15) is 19.8 Å². The molecule has 2 aliphatic rings. The van der Waals surface area contributed by atoms with Crippen LogP contribution in [0.15, 0.2) is 42.6 Å². The van der Waals surface area contributed by atoms with Gasteiger partial charge in [-0.1, -0.05) is 19.1 Å². The Bertz CT molecular complexity index is 1800. The van der Waals surface area contributed by atoms with E-state index in [2.05, 4.69) is 45.5 Å². The Morgan fingerprint density at radius 3 is 2.70 bits per heavy atom. The first-order valence-corrected chi connectivity index (χ1v) is 17.4. The number of ether oxygens (including phenoxy) is 2. The monoisotopic (exact) mass is 686 g/mol. The topological polar surface area (TPSA) is 184 Å². The smallest absolute Gasteiger partial charge is 0.319 e. The Balaban J connectivity index is 0.991. The van der Waals surface area contributed by atoms with Gasteiger partial charge in [-0.25, -0.2) is 14.5 Å². The Labute approximate surface area is 290 Å². The van der Waals surface area contributed by atoms with E-state index >= 15 is 0 Å². The second kappa shape index (κ2) is 16.2. The molecule has 0 saturated carbocycles. The van der Waals surface area contributed by atoms with Gasteiger partial charge in [0.25, 0.3) is 5.91 Å². The highest BCUT2D eigenvalue weighted by Gasteiger charge is 2.26. The van der Waals surface area contributed by atoms with Crippen LogP contribution in [0.3, 0.4) is 0 Å². The maximum absolute atomic E-state index is 13.0. The third-order valence-corrected chi connectivity index (χ3v) is 9.11. The average Bonchev–Trinajstić information content (AvgIpc) is 3.55. The van der Waals surface area contributed by atoms with Crippen LogP contribution in [0.2, 0.25) is 0 Å². The lowest BCUT2D eigenvalue weighted by molar-refractivity contribution is -0.118. The predicted octanol–water partition coefficient (Wildman–Crippen LogP) is 4.22. The number of aromatic hydroxyl groups is 1. The fraction of sp³-hybridized carbons (Fsp3) is 0.444. The van der Waals surface area contributed by atoms with Crippen molar-refractivity contribution in [3.8, 4) is 11.5 Å². The number of anilines is 3. The fourth-order valence-corrected chi connectivity index (χ4v) is 6.41. The van der Waals surface area contributed by atoms with Crippen LogP contribution in [0.1, 0.15) is 61.6 Å². The maximum atomic E-state index is 13.0. The molecule has 1 saturated heterocycles. The van der Waals surface area contributed by atoms with Crippen LogP contribution in [0.4, 0.5) is 21.9 Å². The van der Waals surface area contributed by atoms with E-state index in [-0.39, 0.29) is 48.3 Å². The number of rotatable bonds is 14. The van der Waals surface area contributed by atoms with E-state index in [0.717, 1.165) is 85.4 Å². The summed E-state index contributed by atoms with van der Waals surface area (Å²) in [4.78, 5) is 29.6. The quantitative estimate of drug-likeness (QED) is 0.0749. The molecule has 2 aromatic heterocycles. The SMILES string of the molecule is CCc1nc2c(cnn2CC)c(NC2CCOCC2)c1CNC(=O)Nc1ccc(CCCNC[C@H](O)c2ccc(O)c3c2OCC(=O)N3)cc1. The normalized spacial score (nSPS) is 15.2. The van der Waals surface area contributed by atoms with Gasteiger partial charge in [0.05, 0.1) is 23.4 Å². The standard InChI is InChI=1S/C36H46N8O6/c1-3-28-26(32(40-24-13-16-49-17-14-24)27-19-39-44(4-2)35(27)42-28)18-38-36(48)41-23-9-7-22(8-10-23)6-5-15-37-20-30(46)25-11-12-29(45)33-34(25)50-21-31(47)43-33/h7-12,19,24,30,37,45-46H,3-6,13-18,20-21H2,1-2H3,(H,40,42)(H,43,47)(H2,38,41,48)/t30-/m0/s1. The van der Waals surface area contributed by atoms with Crippen LogP contribution >= 0.6 is 0 Å². The number of aryl methyl sites for hydroxylation is 3. The van der Waals surface area contributed by atoms with Gasteiger partial charge in [-0.05, 0) is 75.4 Å². The summed E-state index contributed by atoms with van der Waals surface area (Å²) in [7, 11) is 0. The Morgan fingerprint density at radius 2 is 1.94 bits per heavy atom. The number of nitrogens with zero attached hydrogens (tertiary/aromatic N) is 3. The van der Waals surface area contributed by atoms with Crippen molar-refractivity contribution in [2.45, 2.75) is 71.2 Å². The zero-order valence-electron chi connectivity index (χ0n) is 28.6. The molecule has 3 amide bonds. The van der Waals surface area contributed by atoms with Crippen molar-refractivity contribution in [1.29, 1.82) is 0 Å². The minimum Gasteiger partial charge on any atom is -0.506 e. The Kier molecular flexibility index (Phi) is 11.3. The molecular weight excluding hydrogens is 640 g/mol. The van der Waals surface area contributed by atoms with Crippen molar-refractivity contribution in [1.82, 2.24) is 25.4 Å². The minimum atomic E-state index is -0.876. The van der Waals surface area contributed by atoms with Gasteiger partial charge in [-0.15, -0.1) is 0 Å². The van der Waals surface area contributed by atoms with Crippen molar-refractivity contribution >= 4 is 40.0 Å². The number of fused-ring (bicyclic) bond motifs is 2. The lowest BCUT2D eigenvalue weighted by Crippen LogP contribution is -2.31. The Morgan fingerprint density at radius 1 is 1.14 bits per heavy atom. The number of phenols is 1. The average molecular weight is 687 g/mol. The number of amides is 3. The number of aromatic nitrogens is 3. The summed E-state index contributed by atoms with van der Waals surface area (Å²) in [5.41, 5.74) is 6.22. The molecule has 0 radical (unpaired) electrons. The van der Waals surface area contributed by atoms with Crippen molar-refractivity contribution in [2.75, 3.05) is 48.9 Å². The maximum Gasteiger partial charge on any atom is 0.319 e. The molecule has 6 rings (SSSR count). The van der Waals surface area contributed by atoms with Crippen molar-refractivity contribution in [3.63, 3.8) is 0 Å². The van der Waals surface area contributed by atoms with E-state index in [1.165, 1.54) is 6.07 Å². The van der Waals surface area contributed by atoms with E-state index in [0.29, 0.717) is 24.3 Å². The van der Waals surface area contributed by atoms with Gasteiger partial charge in [0.1, 0.15) is 11.4 Å². The van der Waals surface area contributed by atoms with Gasteiger partial charge >= 0.3 is 6.03 Å². The zero-order valence-corrected chi connectivity index (χ0v) is 28.6. The van der Waals surface area contributed by atoms with Gasteiger partial charge in [0.2, 0.25) is 0 Å². The molecule has 2 aliphatic heterocycles. The van der Waals surface area contributed by atoms with Crippen LogP contribution in [0.25, 0.3) is 11.0 Å². The number of carbonyl (C=O) groups excluding carboxylic acids is 2. The molecule has 0 unspecified atom stereocenters. The van der Waals surface area contributed by atoms with Gasteiger partial charge in [-0.2, -0.15) is 5.10 Å². The van der Waals surface area contributed by atoms with Gasteiger partial charge in [0, 0.05) is 61.4 Å². The third kappa shape index (κ3) is 8.09. The number of urea groups is 1. The molecule has 1 fully saturated rings. The summed E-state index contributed by atoms with van der Waals surface area (Å²) in [5.74, 6) is -0.173. The van der Waals surface area contributed by atoms with Crippen LogP contribution in [0, 0.1) is 0 Å². The van der Waals surface area contributed by atoms with Gasteiger partial charge in [-0.3, -0.25) is 4.79 Å². The third-order valence-electron chi connectivity index (χ3n) is 9.11. The summed E-state index contributed by atoms with van der Waals surface area (Å²) >= 11 is 0. The molecule has 14 heteroatoms. The second-order valence-electron chi connectivity index (χ2n) is 12.5. The fourth-order valence-electron chi connectivity index (χ4n) is 6.41. The first kappa shape index (κ1) is 34.9. The molecule has 2 aromatic carbocycles. The summed E-state index contributed by atoms with van der Waals surface area (Å²) < 4.78 is 13.0. The number of pyridine rings is 1. The summed E-state index contributed by atoms with van der Waals surface area (Å²) in [6.07, 6.45) is 5.18. The Hall–Kier alpha value is -4.92. The van der Waals surface area contributed by atoms with E-state index in [4.69, 9.17) is 14.5 Å². The molecule has 4 aromatic rings. The molecule has 4 heterocycles. The summed E-state index contributed by atoms with van der Waals surface area (Å²) in [5, 5.41) is 41.9. The second-order valence-corrected chi connectivity index (χ2v) is 12.5. The van der Waals surface area contributed by atoms with Crippen LogP contribution in [0.5, 0.6) is 11.5 Å². The molecule has 7 N–H and O–H groups in total. The van der Waals surface area contributed by atoms with Crippen molar-refractivity contribution < 1.29 is 29.3 Å². The lowest BCUT2D eigenvalue weighted by atomic mass is 10.0.